The Bertz CT molecular complexity index is 1410. The number of pyridine rings is 1. The maximum atomic E-state index is 13.1. The third-order valence-electron chi connectivity index (χ3n) is 8.13. The average Bonchev–Trinajstić information content (AvgIpc) is 3.22. The van der Waals surface area contributed by atoms with Crippen LogP contribution in [-0.4, -0.2) is 56.3 Å². The largest absolute Gasteiger partial charge is 0.496 e. The van der Waals surface area contributed by atoms with Crippen molar-refractivity contribution in [1.82, 2.24) is 10.3 Å². The average molecular weight is 545 g/mol. The number of methoxy groups -OCH3 is 3. The van der Waals surface area contributed by atoms with E-state index in [0.717, 1.165) is 42.6 Å². The minimum absolute atomic E-state index is 0.0722. The van der Waals surface area contributed by atoms with Gasteiger partial charge < -0.3 is 30.2 Å². The molecule has 3 heterocycles. The van der Waals surface area contributed by atoms with Crippen molar-refractivity contribution in [3.8, 4) is 17.2 Å². The molecule has 40 heavy (non-hydrogen) atoms. The number of nitrogens with one attached hydrogen (secondary N) is 1. The first-order chi connectivity index (χ1) is 19.3. The number of amides is 2. The van der Waals surface area contributed by atoms with Crippen molar-refractivity contribution < 1.29 is 23.8 Å². The molecule has 2 aromatic carbocycles. The number of carbonyl (C=O) groups is 2. The summed E-state index contributed by atoms with van der Waals surface area (Å²) in [5.41, 5.74) is 9.16. The summed E-state index contributed by atoms with van der Waals surface area (Å²) in [6.45, 7) is 1.90. The lowest BCUT2D eigenvalue weighted by Crippen LogP contribution is -2.51. The molecule has 210 valence electrons. The van der Waals surface area contributed by atoms with Gasteiger partial charge in [-0.05, 0) is 74.6 Å². The van der Waals surface area contributed by atoms with Crippen LogP contribution in [0.25, 0.3) is 0 Å². The molecule has 2 aliphatic rings. The summed E-state index contributed by atoms with van der Waals surface area (Å²) in [4.78, 5) is 32.7. The van der Waals surface area contributed by atoms with Crippen molar-refractivity contribution in [3.05, 3.63) is 76.5 Å². The molecule has 1 unspecified atom stereocenters. The van der Waals surface area contributed by atoms with Crippen LogP contribution in [0.15, 0.2) is 48.5 Å². The Morgan fingerprint density at radius 3 is 2.27 bits per heavy atom. The highest BCUT2D eigenvalue weighted by molar-refractivity contribution is 5.96. The van der Waals surface area contributed by atoms with Crippen molar-refractivity contribution >= 4 is 17.6 Å². The molecule has 2 aliphatic heterocycles. The Balaban J connectivity index is 1.35. The molecule has 9 nitrogen and oxygen atoms in total. The number of fused-ring (bicyclic) bond motifs is 2. The van der Waals surface area contributed by atoms with E-state index in [1.807, 2.05) is 49.4 Å². The first-order valence-corrected chi connectivity index (χ1v) is 13.6. The van der Waals surface area contributed by atoms with Crippen LogP contribution in [0.1, 0.15) is 63.2 Å². The molecular formula is C31H36N4O5. The number of aromatic nitrogens is 1. The number of hydrogen-bond donors (Lipinski definition) is 2. The molecule has 3 aromatic rings. The number of nitrogens with two attached hydrogens (primary N) is 1. The number of benzene rings is 2. The quantitative estimate of drug-likeness (QED) is 0.418. The highest BCUT2D eigenvalue weighted by Crippen LogP contribution is 2.39. The van der Waals surface area contributed by atoms with Crippen molar-refractivity contribution in [3.63, 3.8) is 0 Å². The molecule has 2 amide bonds. The zero-order valence-corrected chi connectivity index (χ0v) is 23.4. The number of primary amides is 1. The van der Waals surface area contributed by atoms with Gasteiger partial charge in [0.2, 0.25) is 0 Å². The maximum Gasteiger partial charge on any atom is 0.251 e. The zero-order valence-electron chi connectivity index (χ0n) is 23.4. The van der Waals surface area contributed by atoms with E-state index in [2.05, 4.69) is 10.2 Å². The van der Waals surface area contributed by atoms with E-state index >= 15 is 0 Å². The van der Waals surface area contributed by atoms with E-state index in [4.69, 9.17) is 24.9 Å². The summed E-state index contributed by atoms with van der Waals surface area (Å²) < 4.78 is 16.2. The molecule has 0 radical (unpaired) electrons. The van der Waals surface area contributed by atoms with Crippen LogP contribution in [0.2, 0.25) is 0 Å². The molecule has 2 bridgehead atoms. The number of hydrogen-bond acceptors (Lipinski definition) is 7. The fourth-order valence-electron chi connectivity index (χ4n) is 6.19. The standard InChI is InChI=1S/C31H36N4O5/c1-18-23(6-5-7-26(18)38-2)31(37)33-20-16-21-9-10-22(17-20)35(21)29-13-11-24(30(32)36)25(34-29)14-19-8-12-27(39-3)28(15-19)40-4/h5-8,11-13,15,20-22H,9-10,14,16-17H2,1-4H3,(H2,32,36)(H,33,37)/t20?,21-,22+. The first-order valence-electron chi connectivity index (χ1n) is 13.6. The van der Waals surface area contributed by atoms with E-state index in [0.29, 0.717) is 40.5 Å². The van der Waals surface area contributed by atoms with Crippen LogP contribution in [-0.2, 0) is 6.42 Å². The van der Waals surface area contributed by atoms with Crippen LogP contribution < -0.4 is 30.2 Å². The molecule has 9 heteroatoms. The fraction of sp³-hybridized carbons (Fsp3) is 0.387. The second kappa shape index (κ2) is 11.5. The van der Waals surface area contributed by atoms with Crippen LogP contribution >= 0.6 is 0 Å². The van der Waals surface area contributed by atoms with E-state index in [1.54, 1.807) is 27.4 Å². The highest BCUT2D eigenvalue weighted by Gasteiger charge is 2.42. The molecule has 0 spiro atoms. The molecule has 3 atom stereocenters. The second-order valence-corrected chi connectivity index (χ2v) is 10.5. The van der Waals surface area contributed by atoms with Gasteiger partial charge in [-0.1, -0.05) is 12.1 Å². The minimum Gasteiger partial charge on any atom is -0.496 e. The molecule has 1 aromatic heterocycles. The smallest absolute Gasteiger partial charge is 0.251 e. The summed E-state index contributed by atoms with van der Waals surface area (Å²) in [5, 5.41) is 3.26. The van der Waals surface area contributed by atoms with Gasteiger partial charge in [-0.25, -0.2) is 4.98 Å². The predicted octanol–water partition coefficient (Wildman–Crippen LogP) is 4.04. The van der Waals surface area contributed by atoms with Gasteiger partial charge in [0.1, 0.15) is 11.6 Å². The van der Waals surface area contributed by atoms with Crippen molar-refractivity contribution in [2.75, 3.05) is 26.2 Å². The predicted molar refractivity (Wildman–Crippen MR) is 153 cm³/mol. The van der Waals surface area contributed by atoms with Crippen LogP contribution in [0.3, 0.4) is 0 Å². The summed E-state index contributed by atoms with van der Waals surface area (Å²) in [6.07, 6.45) is 4.14. The van der Waals surface area contributed by atoms with Crippen molar-refractivity contribution in [2.45, 2.75) is 57.2 Å². The minimum atomic E-state index is -0.508. The molecule has 2 fully saturated rings. The number of ether oxygens (including phenoxy) is 3. The van der Waals surface area contributed by atoms with Gasteiger partial charge in [0, 0.05) is 35.7 Å². The molecule has 0 aliphatic carbocycles. The third-order valence-corrected chi connectivity index (χ3v) is 8.13. The lowest BCUT2D eigenvalue weighted by Gasteiger charge is -2.40. The summed E-state index contributed by atoms with van der Waals surface area (Å²) in [5.74, 6) is 2.21. The van der Waals surface area contributed by atoms with Gasteiger partial charge in [-0.2, -0.15) is 0 Å². The number of anilines is 1. The lowest BCUT2D eigenvalue weighted by molar-refractivity contribution is 0.0925. The molecular weight excluding hydrogens is 508 g/mol. The highest BCUT2D eigenvalue weighted by atomic mass is 16.5. The van der Waals surface area contributed by atoms with Gasteiger partial charge in [-0.3, -0.25) is 9.59 Å². The normalized spacial score (nSPS) is 19.7. The molecule has 5 rings (SSSR count). The topological polar surface area (TPSA) is 116 Å². The fourth-order valence-corrected chi connectivity index (χ4v) is 6.19. The van der Waals surface area contributed by atoms with Gasteiger partial charge >= 0.3 is 0 Å². The van der Waals surface area contributed by atoms with Crippen LogP contribution in [0, 0.1) is 6.92 Å². The monoisotopic (exact) mass is 544 g/mol. The number of piperidine rings is 1. The van der Waals surface area contributed by atoms with E-state index in [-0.39, 0.29) is 24.0 Å². The molecule has 2 saturated heterocycles. The molecule has 3 N–H and O–H groups in total. The van der Waals surface area contributed by atoms with Crippen molar-refractivity contribution in [2.24, 2.45) is 5.73 Å². The van der Waals surface area contributed by atoms with Crippen LogP contribution in [0.5, 0.6) is 17.2 Å². The van der Waals surface area contributed by atoms with Crippen molar-refractivity contribution in [1.29, 1.82) is 0 Å². The SMILES string of the molecule is COc1ccc(Cc2nc(N3[C@@H]4CC[C@H]3CC(NC(=O)c3cccc(OC)c3C)C4)ccc2C(N)=O)cc1OC. The van der Waals surface area contributed by atoms with E-state index < -0.39 is 5.91 Å². The lowest BCUT2D eigenvalue weighted by atomic mass is 9.96. The van der Waals surface area contributed by atoms with Gasteiger partial charge in [-0.15, -0.1) is 0 Å². The van der Waals surface area contributed by atoms with Gasteiger partial charge in [0.15, 0.2) is 11.5 Å². The summed E-state index contributed by atoms with van der Waals surface area (Å²) >= 11 is 0. The summed E-state index contributed by atoms with van der Waals surface area (Å²) in [7, 11) is 4.80. The Hall–Kier alpha value is -4.27. The Kier molecular flexibility index (Phi) is 7.82. The Labute approximate surface area is 234 Å². The second-order valence-electron chi connectivity index (χ2n) is 10.5. The number of nitrogens with zero attached hydrogens (tertiary/aromatic N) is 2. The van der Waals surface area contributed by atoms with E-state index in [1.165, 1.54) is 0 Å². The maximum absolute atomic E-state index is 13.1. The van der Waals surface area contributed by atoms with Gasteiger partial charge in [0.05, 0.1) is 32.6 Å². The Morgan fingerprint density at radius 2 is 1.62 bits per heavy atom. The Morgan fingerprint density at radius 1 is 0.925 bits per heavy atom. The number of carbonyl (C=O) groups excluding carboxylic acids is 2. The van der Waals surface area contributed by atoms with E-state index in [9.17, 15) is 9.59 Å². The molecule has 0 saturated carbocycles. The first kappa shape index (κ1) is 27.3. The summed E-state index contributed by atoms with van der Waals surface area (Å²) in [6, 6.07) is 15.4. The van der Waals surface area contributed by atoms with Gasteiger partial charge in [0.25, 0.3) is 11.8 Å². The zero-order chi connectivity index (χ0) is 28.4. The third kappa shape index (κ3) is 5.28. The van der Waals surface area contributed by atoms with Crippen LogP contribution in [0.4, 0.5) is 5.82 Å². The number of rotatable bonds is 9.